The SMILES string of the molecule is CS(=O)(=O)CCC(=O)c1ccccc1N. The van der Waals surface area contributed by atoms with E-state index in [0.717, 1.165) is 6.26 Å². The minimum absolute atomic E-state index is 0.0208. The van der Waals surface area contributed by atoms with Crippen LogP contribution in [-0.2, 0) is 9.84 Å². The highest BCUT2D eigenvalue weighted by Gasteiger charge is 2.11. The van der Waals surface area contributed by atoms with E-state index in [-0.39, 0.29) is 18.0 Å². The number of ketones is 1. The Morgan fingerprint density at radius 1 is 1.33 bits per heavy atom. The second-order valence-electron chi connectivity index (χ2n) is 3.39. The summed E-state index contributed by atoms with van der Waals surface area (Å²) in [6.45, 7) is 0. The summed E-state index contributed by atoms with van der Waals surface area (Å²) in [5.41, 5.74) is 6.37. The number of anilines is 1. The third kappa shape index (κ3) is 3.71. The zero-order valence-corrected chi connectivity index (χ0v) is 9.25. The predicted octanol–water partition coefficient (Wildman–Crippen LogP) is 0.886. The Morgan fingerprint density at radius 2 is 1.93 bits per heavy atom. The second kappa shape index (κ2) is 4.44. The van der Waals surface area contributed by atoms with Crippen molar-refractivity contribution in [3.63, 3.8) is 0 Å². The van der Waals surface area contributed by atoms with Crippen LogP contribution in [0.25, 0.3) is 0 Å². The van der Waals surface area contributed by atoms with E-state index in [9.17, 15) is 13.2 Å². The first-order valence-corrected chi connectivity index (χ1v) is 6.51. The molecular formula is C10H13NO3S. The van der Waals surface area contributed by atoms with Crippen molar-refractivity contribution in [3.05, 3.63) is 29.8 Å². The quantitative estimate of drug-likeness (QED) is 0.612. The highest BCUT2D eigenvalue weighted by Crippen LogP contribution is 2.13. The van der Waals surface area contributed by atoms with E-state index in [2.05, 4.69) is 0 Å². The molecule has 0 aromatic heterocycles. The number of benzene rings is 1. The first kappa shape index (κ1) is 11.7. The summed E-state index contributed by atoms with van der Waals surface area (Å²) in [6, 6.07) is 6.64. The number of sulfone groups is 1. The number of Topliss-reactive ketones (excluding diaryl/α,β-unsaturated/α-hetero) is 1. The van der Waals surface area contributed by atoms with Crippen LogP contribution < -0.4 is 5.73 Å². The molecule has 0 saturated heterocycles. The second-order valence-corrected chi connectivity index (χ2v) is 5.65. The summed E-state index contributed by atoms with van der Waals surface area (Å²) in [5, 5.41) is 0. The molecule has 0 unspecified atom stereocenters. The van der Waals surface area contributed by atoms with Crippen molar-refractivity contribution in [2.45, 2.75) is 6.42 Å². The summed E-state index contributed by atoms with van der Waals surface area (Å²) in [7, 11) is -3.10. The summed E-state index contributed by atoms with van der Waals surface area (Å²) in [5.74, 6) is -0.376. The first-order chi connectivity index (χ1) is 6.90. The monoisotopic (exact) mass is 227 g/mol. The van der Waals surface area contributed by atoms with E-state index in [0.29, 0.717) is 11.3 Å². The van der Waals surface area contributed by atoms with Gasteiger partial charge in [-0.2, -0.15) is 0 Å². The van der Waals surface area contributed by atoms with Crippen molar-refractivity contribution >= 4 is 21.3 Å². The fourth-order valence-electron chi connectivity index (χ4n) is 1.16. The molecule has 4 nitrogen and oxygen atoms in total. The molecule has 82 valence electrons. The first-order valence-electron chi connectivity index (χ1n) is 4.45. The van der Waals surface area contributed by atoms with Crippen molar-refractivity contribution in [2.75, 3.05) is 17.7 Å². The molecule has 0 amide bonds. The highest BCUT2D eigenvalue weighted by molar-refractivity contribution is 7.90. The van der Waals surface area contributed by atoms with Crippen molar-refractivity contribution in [3.8, 4) is 0 Å². The number of hydrogen-bond donors (Lipinski definition) is 1. The third-order valence-corrected chi connectivity index (χ3v) is 2.91. The molecule has 1 aromatic carbocycles. The van der Waals surface area contributed by atoms with Gasteiger partial charge in [-0.1, -0.05) is 12.1 Å². The normalized spacial score (nSPS) is 11.3. The Hall–Kier alpha value is -1.36. The number of rotatable bonds is 4. The number of hydrogen-bond acceptors (Lipinski definition) is 4. The van der Waals surface area contributed by atoms with Gasteiger partial charge in [-0.3, -0.25) is 4.79 Å². The number of carbonyl (C=O) groups is 1. The zero-order chi connectivity index (χ0) is 11.5. The lowest BCUT2D eigenvalue weighted by Crippen LogP contribution is -2.11. The number of carbonyl (C=O) groups excluding carboxylic acids is 1. The van der Waals surface area contributed by atoms with E-state index < -0.39 is 9.84 Å². The molecule has 15 heavy (non-hydrogen) atoms. The van der Waals surface area contributed by atoms with Gasteiger partial charge in [0.1, 0.15) is 9.84 Å². The van der Waals surface area contributed by atoms with Gasteiger partial charge in [-0.25, -0.2) is 8.42 Å². The predicted molar refractivity (Wildman–Crippen MR) is 59.5 cm³/mol. The maximum Gasteiger partial charge on any atom is 0.165 e. The van der Waals surface area contributed by atoms with Crippen molar-refractivity contribution in [2.24, 2.45) is 0 Å². The zero-order valence-electron chi connectivity index (χ0n) is 8.43. The van der Waals surface area contributed by atoms with Crippen LogP contribution >= 0.6 is 0 Å². The average molecular weight is 227 g/mol. The van der Waals surface area contributed by atoms with Crippen LogP contribution in [0.5, 0.6) is 0 Å². The highest BCUT2D eigenvalue weighted by atomic mass is 32.2. The topological polar surface area (TPSA) is 77.2 Å². The van der Waals surface area contributed by atoms with Gasteiger partial charge in [0.05, 0.1) is 5.75 Å². The van der Waals surface area contributed by atoms with Gasteiger partial charge < -0.3 is 5.73 Å². The molecule has 0 aliphatic heterocycles. The Morgan fingerprint density at radius 3 is 2.47 bits per heavy atom. The van der Waals surface area contributed by atoms with Crippen LogP contribution in [0, 0.1) is 0 Å². The Balaban J connectivity index is 2.75. The largest absolute Gasteiger partial charge is 0.398 e. The van der Waals surface area contributed by atoms with Crippen molar-refractivity contribution in [1.29, 1.82) is 0 Å². The van der Waals surface area contributed by atoms with Crippen LogP contribution in [-0.4, -0.2) is 26.2 Å². The molecule has 2 N–H and O–H groups in total. The molecule has 0 saturated carbocycles. The molecule has 0 aliphatic carbocycles. The molecular weight excluding hydrogens is 214 g/mol. The van der Waals surface area contributed by atoms with Gasteiger partial charge >= 0.3 is 0 Å². The molecule has 0 bridgehead atoms. The van der Waals surface area contributed by atoms with Crippen LogP contribution in [0.1, 0.15) is 16.8 Å². The minimum Gasteiger partial charge on any atom is -0.398 e. The van der Waals surface area contributed by atoms with Gasteiger partial charge in [-0.15, -0.1) is 0 Å². The van der Waals surface area contributed by atoms with Crippen molar-refractivity contribution in [1.82, 2.24) is 0 Å². The van der Waals surface area contributed by atoms with E-state index in [1.807, 2.05) is 0 Å². The van der Waals surface area contributed by atoms with E-state index in [4.69, 9.17) is 5.73 Å². The van der Waals surface area contributed by atoms with Gasteiger partial charge in [0, 0.05) is 23.9 Å². The molecule has 0 radical (unpaired) electrons. The third-order valence-electron chi connectivity index (χ3n) is 1.96. The minimum atomic E-state index is -3.10. The Kier molecular flexibility index (Phi) is 3.47. The van der Waals surface area contributed by atoms with Crippen LogP contribution in [0.15, 0.2) is 24.3 Å². The summed E-state index contributed by atoms with van der Waals surface area (Å²) < 4.78 is 21.7. The number of para-hydroxylation sites is 1. The molecule has 0 atom stereocenters. The lowest BCUT2D eigenvalue weighted by Gasteiger charge is -2.03. The maximum atomic E-state index is 11.6. The summed E-state index contributed by atoms with van der Waals surface area (Å²) in [6.07, 6.45) is 1.08. The molecule has 5 heteroatoms. The summed E-state index contributed by atoms with van der Waals surface area (Å²) in [4.78, 5) is 11.6. The summed E-state index contributed by atoms with van der Waals surface area (Å²) >= 11 is 0. The van der Waals surface area contributed by atoms with Crippen molar-refractivity contribution < 1.29 is 13.2 Å². The lowest BCUT2D eigenvalue weighted by atomic mass is 10.1. The van der Waals surface area contributed by atoms with Gasteiger partial charge in [0.25, 0.3) is 0 Å². The smallest absolute Gasteiger partial charge is 0.165 e. The molecule has 1 rings (SSSR count). The number of nitrogen functional groups attached to an aromatic ring is 1. The van der Waals surface area contributed by atoms with Gasteiger partial charge in [0.2, 0.25) is 0 Å². The van der Waals surface area contributed by atoms with E-state index in [1.165, 1.54) is 0 Å². The Bertz CT molecular complexity index is 465. The lowest BCUT2D eigenvalue weighted by molar-refractivity contribution is 0.0989. The van der Waals surface area contributed by atoms with E-state index in [1.54, 1.807) is 24.3 Å². The molecule has 0 aliphatic rings. The molecule has 0 heterocycles. The fraction of sp³-hybridized carbons (Fsp3) is 0.300. The molecule has 1 aromatic rings. The molecule has 0 spiro atoms. The standard InChI is InChI=1S/C10H13NO3S/c1-15(13,14)7-6-10(12)8-4-2-3-5-9(8)11/h2-5H,6-7,11H2,1H3. The van der Waals surface area contributed by atoms with Gasteiger partial charge in [-0.05, 0) is 12.1 Å². The van der Waals surface area contributed by atoms with Crippen LogP contribution in [0.4, 0.5) is 5.69 Å². The number of nitrogens with two attached hydrogens (primary N) is 1. The molecule has 0 fully saturated rings. The van der Waals surface area contributed by atoms with E-state index >= 15 is 0 Å². The average Bonchev–Trinajstić information content (AvgIpc) is 2.14. The van der Waals surface area contributed by atoms with Crippen LogP contribution in [0.3, 0.4) is 0 Å². The maximum absolute atomic E-state index is 11.6. The van der Waals surface area contributed by atoms with Crippen LogP contribution in [0.2, 0.25) is 0 Å². The van der Waals surface area contributed by atoms with Gasteiger partial charge in [0.15, 0.2) is 5.78 Å². The Labute approximate surface area is 89.0 Å². The fourth-order valence-corrected chi connectivity index (χ4v) is 1.72.